The maximum absolute atomic E-state index is 5.40. The maximum atomic E-state index is 5.40. The van der Waals surface area contributed by atoms with Crippen molar-refractivity contribution in [2.75, 3.05) is 19.5 Å². The number of benzene rings is 1. The molecule has 0 aliphatic heterocycles. The summed E-state index contributed by atoms with van der Waals surface area (Å²) in [6.07, 6.45) is 0.662. The highest BCUT2D eigenvalue weighted by molar-refractivity contribution is 14.1. The van der Waals surface area contributed by atoms with Crippen molar-refractivity contribution in [2.45, 2.75) is 26.2 Å². The number of anilines is 1. The average molecular weight is 397 g/mol. The molecule has 0 amide bonds. The van der Waals surface area contributed by atoms with Crippen LogP contribution in [-0.2, 0) is 6.42 Å². The number of ether oxygens (including phenoxy) is 1. The zero-order valence-electron chi connectivity index (χ0n) is 12.8. The Morgan fingerprint density at radius 1 is 1.24 bits per heavy atom. The largest absolute Gasteiger partial charge is 0.496 e. The fourth-order valence-electron chi connectivity index (χ4n) is 2.16. The molecule has 21 heavy (non-hydrogen) atoms. The quantitative estimate of drug-likeness (QED) is 0.779. The first kappa shape index (κ1) is 16.0. The van der Waals surface area contributed by atoms with Crippen molar-refractivity contribution >= 4 is 28.4 Å². The topological polar surface area (TPSA) is 47.0 Å². The lowest BCUT2D eigenvalue weighted by Gasteiger charge is -2.14. The molecule has 0 radical (unpaired) electrons. The van der Waals surface area contributed by atoms with Crippen LogP contribution in [0.25, 0.3) is 0 Å². The van der Waals surface area contributed by atoms with Gasteiger partial charge in [0.2, 0.25) is 0 Å². The molecule has 2 rings (SSSR count). The van der Waals surface area contributed by atoms with E-state index in [-0.39, 0.29) is 0 Å². The summed E-state index contributed by atoms with van der Waals surface area (Å²) in [7, 11) is 3.58. The van der Waals surface area contributed by atoms with Crippen molar-refractivity contribution in [3.63, 3.8) is 0 Å². The number of halogens is 1. The average Bonchev–Trinajstić information content (AvgIpc) is 2.49. The van der Waals surface area contributed by atoms with Gasteiger partial charge in [0.05, 0.1) is 16.4 Å². The van der Waals surface area contributed by atoms with E-state index in [0.717, 1.165) is 32.2 Å². The van der Waals surface area contributed by atoms with Gasteiger partial charge in [-0.1, -0.05) is 32.0 Å². The lowest BCUT2D eigenvalue weighted by molar-refractivity contribution is 0.410. The van der Waals surface area contributed by atoms with Crippen LogP contribution in [0.15, 0.2) is 24.3 Å². The Morgan fingerprint density at radius 2 is 1.95 bits per heavy atom. The van der Waals surface area contributed by atoms with Crippen LogP contribution in [-0.4, -0.2) is 24.1 Å². The molecule has 0 fully saturated rings. The van der Waals surface area contributed by atoms with Gasteiger partial charge in [-0.15, -0.1) is 0 Å². The SMILES string of the molecule is CNc1nc(Cc2ccccc2OC)nc(C(C)C)c1I. The van der Waals surface area contributed by atoms with Crippen LogP contribution in [0.2, 0.25) is 0 Å². The number of hydrogen-bond acceptors (Lipinski definition) is 4. The van der Waals surface area contributed by atoms with Crippen LogP contribution in [0.5, 0.6) is 5.75 Å². The van der Waals surface area contributed by atoms with Crippen LogP contribution in [0.4, 0.5) is 5.82 Å². The number of rotatable bonds is 5. The third-order valence-electron chi connectivity index (χ3n) is 3.25. The van der Waals surface area contributed by atoms with E-state index in [1.807, 2.05) is 31.3 Å². The molecule has 0 atom stereocenters. The van der Waals surface area contributed by atoms with Crippen LogP contribution in [0.1, 0.15) is 36.8 Å². The molecule has 0 saturated carbocycles. The normalized spacial score (nSPS) is 10.8. The molecule has 0 spiro atoms. The molecular formula is C16H20IN3O. The zero-order chi connectivity index (χ0) is 15.4. The van der Waals surface area contributed by atoms with E-state index < -0.39 is 0 Å². The van der Waals surface area contributed by atoms with Crippen molar-refractivity contribution in [3.05, 3.63) is 44.9 Å². The first-order valence-electron chi connectivity index (χ1n) is 6.92. The molecule has 0 aliphatic rings. The second-order valence-corrected chi connectivity index (χ2v) is 6.16. The van der Waals surface area contributed by atoms with Gasteiger partial charge in [0.1, 0.15) is 17.4 Å². The number of methoxy groups -OCH3 is 1. The Morgan fingerprint density at radius 3 is 2.57 bits per heavy atom. The number of nitrogens with zero attached hydrogens (tertiary/aromatic N) is 2. The van der Waals surface area contributed by atoms with Gasteiger partial charge in [0.15, 0.2) is 0 Å². The summed E-state index contributed by atoms with van der Waals surface area (Å²) in [4.78, 5) is 9.36. The Labute approximate surface area is 139 Å². The molecule has 0 aliphatic carbocycles. The predicted molar refractivity (Wildman–Crippen MR) is 94.2 cm³/mol. The zero-order valence-corrected chi connectivity index (χ0v) is 14.9. The van der Waals surface area contributed by atoms with Gasteiger partial charge in [-0.2, -0.15) is 0 Å². The summed E-state index contributed by atoms with van der Waals surface area (Å²) < 4.78 is 6.49. The minimum Gasteiger partial charge on any atom is -0.496 e. The number of aromatic nitrogens is 2. The van der Waals surface area contributed by atoms with Gasteiger partial charge in [-0.25, -0.2) is 9.97 Å². The lowest BCUT2D eigenvalue weighted by atomic mass is 10.1. The third-order valence-corrected chi connectivity index (χ3v) is 4.31. The Balaban J connectivity index is 2.42. The first-order valence-corrected chi connectivity index (χ1v) is 8.00. The summed E-state index contributed by atoms with van der Waals surface area (Å²) in [5.41, 5.74) is 2.18. The molecule has 5 heteroatoms. The summed E-state index contributed by atoms with van der Waals surface area (Å²) in [5, 5.41) is 3.16. The predicted octanol–water partition coefficient (Wildman–Crippen LogP) is 3.85. The van der Waals surface area contributed by atoms with Crippen molar-refractivity contribution in [1.82, 2.24) is 9.97 Å². The van der Waals surface area contributed by atoms with Crippen molar-refractivity contribution in [1.29, 1.82) is 0 Å². The van der Waals surface area contributed by atoms with Crippen molar-refractivity contribution in [2.24, 2.45) is 0 Å². The fourth-order valence-corrected chi connectivity index (χ4v) is 3.29. The molecule has 1 N–H and O–H groups in total. The van der Waals surface area contributed by atoms with Gasteiger partial charge in [-0.05, 0) is 34.6 Å². The monoisotopic (exact) mass is 397 g/mol. The second-order valence-electron chi connectivity index (χ2n) is 5.08. The van der Waals surface area contributed by atoms with E-state index in [2.05, 4.69) is 46.7 Å². The molecule has 1 heterocycles. The molecule has 0 bridgehead atoms. The minimum atomic E-state index is 0.364. The summed E-state index contributed by atoms with van der Waals surface area (Å²) in [6, 6.07) is 7.99. The highest BCUT2D eigenvalue weighted by Crippen LogP contribution is 2.26. The van der Waals surface area contributed by atoms with Gasteiger partial charge < -0.3 is 10.1 Å². The van der Waals surface area contributed by atoms with Gasteiger partial charge in [-0.3, -0.25) is 0 Å². The highest BCUT2D eigenvalue weighted by atomic mass is 127. The smallest absolute Gasteiger partial charge is 0.143 e. The fraction of sp³-hybridized carbons (Fsp3) is 0.375. The first-order chi connectivity index (χ1) is 10.1. The standard InChI is InChI=1S/C16H20IN3O/c1-10(2)15-14(17)16(18-3)20-13(19-15)9-11-7-5-6-8-12(11)21-4/h5-8,10H,9H2,1-4H3,(H,18,19,20). The number of nitrogens with one attached hydrogen (secondary N) is 1. The van der Waals surface area contributed by atoms with Crippen molar-refractivity contribution < 1.29 is 4.74 Å². The molecule has 4 nitrogen and oxygen atoms in total. The summed E-state index contributed by atoms with van der Waals surface area (Å²) in [5.74, 6) is 2.94. The summed E-state index contributed by atoms with van der Waals surface area (Å²) >= 11 is 2.31. The Bertz CT molecular complexity index is 629. The maximum Gasteiger partial charge on any atom is 0.143 e. The van der Waals surface area contributed by atoms with Crippen molar-refractivity contribution in [3.8, 4) is 5.75 Å². The van der Waals surface area contributed by atoms with E-state index in [9.17, 15) is 0 Å². The molecule has 112 valence electrons. The molecule has 1 aromatic carbocycles. The van der Waals surface area contributed by atoms with Crippen LogP contribution < -0.4 is 10.1 Å². The highest BCUT2D eigenvalue weighted by Gasteiger charge is 2.15. The Kier molecular flexibility index (Phi) is 5.39. The molecular weight excluding hydrogens is 377 g/mol. The molecule has 2 aromatic rings. The van der Waals surface area contributed by atoms with E-state index >= 15 is 0 Å². The minimum absolute atomic E-state index is 0.364. The van der Waals surface area contributed by atoms with E-state index in [1.165, 1.54) is 0 Å². The molecule has 0 unspecified atom stereocenters. The van der Waals surface area contributed by atoms with E-state index in [1.54, 1.807) is 7.11 Å². The van der Waals surface area contributed by atoms with Gasteiger partial charge >= 0.3 is 0 Å². The van der Waals surface area contributed by atoms with E-state index in [0.29, 0.717) is 12.3 Å². The van der Waals surface area contributed by atoms with E-state index in [4.69, 9.17) is 9.72 Å². The Hall–Kier alpha value is -1.37. The van der Waals surface area contributed by atoms with Crippen LogP contribution >= 0.6 is 22.6 Å². The van der Waals surface area contributed by atoms with Gasteiger partial charge in [0, 0.05) is 19.0 Å². The summed E-state index contributed by atoms with van der Waals surface area (Å²) in [6.45, 7) is 4.30. The van der Waals surface area contributed by atoms with Gasteiger partial charge in [0.25, 0.3) is 0 Å². The number of hydrogen-bond donors (Lipinski definition) is 1. The molecule has 1 aromatic heterocycles. The molecule has 0 saturated heterocycles. The van der Waals surface area contributed by atoms with Crippen LogP contribution in [0.3, 0.4) is 0 Å². The second kappa shape index (κ2) is 7.06. The number of para-hydroxylation sites is 1. The van der Waals surface area contributed by atoms with Crippen LogP contribution in [0, 0.1) is 3.57 Å². The lowest BCUT2D eigenvalue weighted by Crippen LogP contribution is -2.09. The third kappa shape index (κ3) is 3.64.